The van der Waals surface area contributed by atoms with Crippen molar-refractivity contribution in [2.24, 2.45) is 10.9 Å². The quantitative estimate of drug-likeness (QED) is 0.289. The third-order valence-electron chi connectivity index (χ3n) is 2.63. The minimum atomic E-state index is 0. The molecule has 3 nitrogen and oxygen atoms in total. The van der Waals surface area contributed by atoms with E-state index in [1.807, 2.05) is 23.1 Å². The highest BCUT2D eigenvalue weighted by Crippen LogP contribution is 2.14. The van der Waals surface area contributed by atoms with E-state index >= 15 is 0 Å². The molecular formula is C14H26IN3S2. The van der Waals surface area contributed by atoms with E-state index in [0.29, 0.717) is 5.92 Å². The zero-order valence-electron chi connectivity index (χ0n) is 12.5. The lowest BCUT2D eigenvalue weighted by Gasteiger charge is -2.12. The number of hydrogen-bond acceptors (Lipinski definition) is 3. The molecule has 0 aliphatic rings. The minimum absolute atomic E-state index is 0. The first-order chi connectivity index (χ1) is 9.26. The van der Waals surface area contributed by atoms with Crippen molar-refractivity contribution in [1.29, 1.82) is 0 Å². The Bertz CT molecular complexity index is 355. The van der Waals surface area contributed by atoms with Crippen molar-refractivity contribution in [3.8, 4) is 0 Å². The first kappa shape index (κ1) is 20.1. The van der Waals surface area contributed by atoms with Crippen LogP contribution in [0.15, 0.2) is 22.5 Å². The first-order valence-corrected chi connectivity index (χ1v) is 9.07. The molecule has 0 spiro atoms. The van der Waals surface area contributed by atoms with Crippen molar-refractivity contribution in [3.63, 3.8) is 0 Å². The second-order valence-electron chi connectivity index (χ2n) is 4.53. The Labute approximate surface area is 148 Å². The summed E-state index contributed by atoms with van der Waals surface area (Å²) in [4.78, 5) is 6.10. The Balaban J connectivity index is 0.00000361. The second kappa shape index (κ2) is 12.8. The topological polar surface area (TPSA) is 36.4 Å². The lowest BCUT2D eigenvalue weighted by Crippen LogP contribution is -2.38. The van der Waals surface area contributed by atoms with Crippen molar-refractivity contribution in [2.45, 2.75) is 20.3 Å². The van der Waals surface area contributed by atoms with Gasteiger partial charge in [0.1, 0.15) is 0 Å². The largest absolute Gasteiger partial charge is 0.357 e. The molecule has 0 aliphatic carbocycles. The van der Waals surface area contributed by atoms with Crippen LogP contribution in [0.2, 0.25) is 0 Å². The molecule has 0 bridgehead atoms. The van der Waals surface area contributed by atoms with Crippen LogP contribution in [0.4, 0.5) is 0 Å². The van der Waals surface area contributed by atoms with Gasteiger partial charge in [0.25, 0.3) is 0 Å². The summed E-state index contributed by atoms with van der Waals surface area (Å²) in [5.74, 6) is 2.62. The van der Waals surface area contributed by atoms with E-state index in [-0.39, 0.29) is 24.0 Å². The number of aliphatic imine (C=N–C) groups is 1. The zero-order chi connectivity index (χ0) is 13.9. The molecule has 1 aromatic rings. The third-order valence-corrected chi connectivity index (χ3v) is 4.14. The Morgan fingerprint density at radius 3 is 2.85 bits per heavy atom. The maximum atomic E-state index is 4.66. The summed E-state index contributed by atoms with van der Waals surface area (Å²) >= 11 is 3.68. The van der Waals surface area contributed by atoms with Crippen LogP contribution in [0.5, 0.6) is 0 Å². The summed E-state index contributed by atoms with van der Waals surface area (Å²) in [7, 11) is 0. The van der Waals surface area contributed by atoms with E-state index in [2.05, 4.69) is 53.2 Å². The Morgan fingerprint density at radius 1 is 1.45 bits per heavy atom. The predicted octanol–water partition coefficient (Wildman–Crippen LogP) is 3.46. The number of nitrogens with one attached hydrogen (secondary N) is 2. The molecule has 0 radical (unpaired) electrons. The zero-order valence-corrected chi connectivity index (χ0v) is 16.5. The highest BCUT2D eigenvalue weighted by molar-refractivity contribution is 14.0. The van der Waals surface area contributed by atoms with Gasteiger partial charge in [-0.3, -0.25) is 4.99 Å². The van der Waals surface area contributed by atoms with E-state index in [0.717, 1.165) is 37.8 Å². The predicted molar refractivity (Wildman–Crippen MR) is 105 cm³/mol. The van der Waals surface area contributed by atoms with Crippen molar-refractivity contribution in [3.05, 3.63) is 22.4 Å². The standard InChI is InChI=1S/C14H25N3S2.HI/c1-4-15-14(16-7-9-18-3)17-11-12(2)10-13-6-5-8-19-13;/h5-6,8,12H,4,7,9-11H2,1-3H3,(H2,15,16,17);1H. The number of guanidine groups is 1. The normalized spacial score (nSPS) is 12.7. The molecule has 1 rings (SSSR count). The lowest BCUT2D eigenvalue weighted by atomic mass is 10.1. The second-order valence-corrected chi connectivity index (χ2v) is 6.55. The highest BCUT2D eigenvalue weighted by Gasteiger charge is 2.04. The Hall–Kier alpha value is 0.0500. The van der Waals surface area contributed by atoms with Gasteiger partial charge in [-0.2, -0.15) is 11.8 Å². The molecule has 1 heterocycles. The van der Waals surface area contributed by atoms with Gasteiger partial charge < -0.3 is 10.6 Å². The van der Waals surface area contributed by atoms with Gasteiger partial charge in [0.2, 0.25) is 0 Å². The number of halogens is 1. The summed E-state index contributed by atoms with van der Waals surface area (Å²) in [5, 5.41) is 8.78. The molecular weight excluding hydrogens is 401 g/mol. The average Bonchev–Trinajstić information content (AvgIpc) is 2.89. The molecule has 1 unspecified atom stereocenters. The monoisotopic (exact) mass is 427 g/mol. The van der Waals surface area contributed by atoms with E-state index in [1.54, 1.807) is 0 Å². The van der Waals surface area contributed by atoms with Crippen LogP contribution >= 0.6 is 47.1 Å². The Morgan fingerprint density at radius 2 is 2.25 bits per heavy atom. The molecule has 20 heavy (non-hydrogen) atoms. The van der Waals surface area contributed by atoms with Crippen molar-refractivity contribution >= 4 is 53.0 Å². The maximum Gasteiger partial charge on any atom is 0.191 e. The number of thiophene rings is 1. The molecule has 0 saturated carbocycles. The van der Waals surface area contributed by atoms with Crippen LogP contribution in [0, 0.1) is 5.92 Å². The fourth-order valence-corrected chi connectivity index (χ4v) is 2.87. The van der Waals surface area contributed by atoms with Crippen LogP contribution in [0.25, 0.3) is 0 Å². The molecule has 1 aromatic heterocycles. The van der Waals surface area contributed by atoms with Crippen LogP contribution < -0.4 is 10.6 Å². The summed E-state index contributed by atoms with van der Waals surface area (Å²) in [6.07, 6.45) is 3.24. The molecule has 0 amide bonds. The number of rotatable bonds is 8. The Kier molecular flexibility index (Phi) is 12.8. The van der Waals surface area contributed by atoms with Crippen LogP contribution in [0.1, 0.15) is 18.7 Å². The van der Waals surface area contributed by atoms with Gasteiger partial charge in [-0.1, -0.05) is 13.0 Å². The fourth-order valence-electron chi connectivity index (χ4n) is 1.70. The minimum Gasteiger partial charge on any atom is -0.357 e. The molecule has 2 N–H and O–H groups in total. The van der Waals surface area contributed by atoms with Crippen LogP contribution in [-0.4, -0.2) is 37.6 Å². The van der Waals surface area contributed by atoms with Gasteiger partial charge in [0, 0.05) is 30.3 Å². The third kappa shape index (κ3) is 9.07. The highest BCUT2D eigenvalue weighted by atomic mass is 127. The van der Waals surface area contributed by atoms with E-state index in [9.17, 15) is 0 Å². The van der Waals surface area contributed by atoms with Gasteiger partial charge in [0.05, 0.1) is 0 Å². The van der Waals surface area contributed by atoms with Gasteiger partial charge >= 0.3 is 0 Å². The smallest absolute Gasteiger partial charge is 0.191 e. The summed E-state index contributed by atoms with van der Waals surface area (Å²) in [6, 6.07) is 4.32. The molecule has 0 fully saturated rings. The van der Waals surface area contributed by atoms with Gasteiger partial charge in [0.15, 0.2) is 5.96 Å². The SMILES string of the molecule is CCNC(=NCC(C)Cc1cccs1)NCCSC.I. The molecule has 1 atom stereocenters. The molecule has 0 aromatic carbocycles. The average molecular weight is 427 g/mol. The van der Waals surface area contributed by atoms with Crippen molar-refractivity contribution < 1.29 is 0 Å². The van der Waals surface area contributed by atoms with Crippen molar-refractivity contribution in [1.82, 2.24) is 10.6 Å². The van der Waals surface area contributed by atoms with E-state index in [1.165, 1.54) is 4.88 Å². The van der Waals surface area contributed by atoms with Crippen molar-refractivity contribution in [2.75, 3.05) is 31.6 Å². The summed E-state index contributed by atoms with van der Waals surface area (Å²) in [6.45, 7) is 7.10. The maximum absolute atomic E-state index is 4.66. The molecule has 0 saturated heterocycles. The molecule has 6 heteroatoms. The molecule has 0 aliphatic heterocycles. The van der Waals surface area contributed by atoms with Crippen LogP contribution in [-0.2, 0) is 6.42 Å². The van der Waals surface area contributed by atoms with Gasteiger partial charge in [-0.05, 0) is 37.0 Å². The summed E-state index contributed by atoms with van der Waals surface area (Å²) in [5.41, 5.74) is 0. The van der Waals surface area contributed by atoms with Gasteiger partial charge in [-0.15, -0.1) is 35.3 Å². The number of thioether (sulfide) groups is 1. The molecule has 116 valence electrons. The fraction of sp³-hybridized carbons (Fsp3) is 0.643. The first-order valence-electron chi connectivity index (χ1n) is 6.79. The van der Waals surface area contributed by atoms with Gasteiger partial charge in [-0.25, -0.2) is 0 Å². The van der Waals surface area contributed by atoms with E-state index < -0.39 is 0 Å². The number of hydrogen-bond donors (Lipinski definition) is 2. The summed E-state index contributed by atoms with van der Waals surface area (Å²) < 4.78 is 0. The van der Waals surface area contributed by atoms with Crippen LogP contribution in [0.3, 0.4) is 0 Å². The number of nitrogens with zero attached hydrogens (tertiary/aromatic N) is 1. The lowest BCUT2D eigenvalue weighted by molar-refractivity contribution is 0.595. The van der Waals surface area contributed by atoms with E-state index in [4.69, 9.17) is 0 Å².